The van der Waals surface area contributed by atoms with Crippen LogP contribution in [0.15, 0.2) is 10.9 Å². The number of nitrogens with zero attached hydrogens (tertiary/aromatic N) is 1. The molecule has 1 saturated carbocycles. The van der Waals surface area contributed by atoms with E-state index in [4.69, 9.17) is 0 Å². The molecule has 0 saturated heterocycles. The molecule has 1 aromatic heterocycles. The molecule has 2 nitrogen and oxygen atoms in total. The van der Waals surface area contributed by atoms with Crippen molar-refractivity contribution in [1.82, 2.24) is 10.3 Å². The Morgan fingerprint density at radius 1 is 1.38 bits per heavy atom. The van der Waals surface area contributed by atoms with Gasteiger partial charge in [0, 0.05) is 17.5 Å². The largest absolute Gasteiger partial charge is 0.305 e. The van der Waals surface area contributed by atoms with Gasteiger partial charge in [-0.05, 0) is 31.6 Å². The van der Waals surface area contributed by atoms with Crippen LogP contribution >= 0.6 is 11.3 Å². The van der Waals surface area contributed by atoms with E-state index in [9.17, 15) is 0 Å². The minimum absolute atomic E-state index is 0.388. The Morgan fingerprint density at radius 3 is 2.62 bits per heavy atom. The Morgan fingerprint density at radius 2 is 2.06 bits per heavy atom. The van der Waals surface area contributed by atoms with E-state index < -0.39 is 0 Å². The van der Waals surface area contributed by atoms with Crippen LogP contribution in [-0.4, -0.2) is 11.0 Å². The van der Waals surface area contributed by atoms with Gasteiger partial charge >= 0.3 is 0 Å². The molecule has 0 aliphatic heterocycles. The van der Waals surface area contributed by atoms with Crippen molar-refractivity contribution in [2.75, 3.05) is 0 Å². The number of nitrogens with one attached hydrogen (secondary N) is 1. The minimum atomic E-state index is 0.388. The van der Waals surface area contributed by atoms with Crippen LogP contribution < -0.4 is 5.32 Å². The third kappa shape index (κ3) is 2.64. The fraction of sp³-hybridized carbons (Fsp3) is 0.769. The molecule has 1 heterocycles. The third-order valence-electron chi connectivity index (χ3n) is 3.88. The summed E-state index contributed by atoms with van der Waals surface area (Å²) in [5.41, 5.74) is 3.11. The van der Waals surface area contributed by atoms with Crippen LogP contribution in [0.3, 0.4) is 0 Å². The fourth-order valence-corrected chi connectivity index (χ4v) is 3.47. The predicted octanol–water partition coefficient (Wildman–Crippen LogP) is 3.62. The highest BCUT2D eigenvalue weighted by Crippen LogP contribution is 2.30. The van der Waals surface area contributed by atoms with Gasteiger partial charge in [0.15, 0.2) is 0 Å². The molecule has 3 unspecified atom stereocenters. The van der Waals surface area contributed by atoms with E-state index in [0.717, 1.165) is 11.8 Å². The quantitative estimate of drug-likeness (QED) is 0.870. The van der Waals surface area contributed by atoms with Crippen LogP contribution in [0.2, 0.25) is 0 Å². The molecule has 0 bridgehead atoms. The van der Waals surface area contributed by atoms with E-state index >= 15 is 0 Å². The zero-order valence-electron chi connectivity index (χ0n) is 10.4. The van der Waals surface area contributed by atoms with E-state index in [0.29, 0.717) is 12.1 Å². The van der Waals surface area contributed by atoms with Gasteiger partial charge in [-0.25, -0.2) is 4.98 Å². The Labute approximate surface area is 102 Å². The van der Waals surface area contributed by atoms with Crippen LogP contribution in [0.25, 0.3) is 0 Å². The van der Waals surface area contributed by atoms with Gasteiger partial charge in [-0.1, -0.05) is 20.3 Å². The molecule has 1 N–H and O–H groups in total. The van der Waals surface area contributed by atoms with Crippen molar-refractivity contribution in [3.63, 3.8) is 0 Å². The van der Waals surface area contributed by atoms with E-state index in [2.05, 4.69) is 36.5 Å². The summed E-state index contributed by atoms with van der Waals surface area (Å²) in [6, 6.07) is 1.05. The van der Waals surface area contributed by atoms with E-state index in [1.54, 1.807) is 11.3 Å². The molecule has 1 aliphatic carbocycles. The number of aromatic nitrogens is 1. The zero-order valence-corrected chi connectivity index (χ0v) is 11.3. The molecule has 90 valence electrons. The fourth-order valence-electron chi connectivity index (χ4n) is 2.82. The van der Waals surface area contributed by atoms with Gasteiger partial charge in [0.05, 0.1) is 11.2 Å². The Kier molecular flexibility index (Phi) is 3.98. The van der Waals surface area contributed by atoms with Crippen LogP contribution in [-0.2, 0) is 0 Å². The number of hydrogen-bond acceptors (Lipinski definition) is 3. The van der Waals surface area contributed by atoms with Gasteiger partial charge in [0.1, 0.15) is 0 Å². The van der Waals surface area contributed by atoms with Crippen molar-refractivity contribution in [2.24, 2.45) is 11.8 Å². The first kappa shape index (κ1) is 12.1. The molecule has 2 rings (SSSR count). The van der Waals surface area contributed by atoms with Gasteiger partial charge in [0.2, 0.25) is 0 Å². The third-order valence-corrected chi connectivity index (χ3v) is 4.49. The molecule has 0 amide bonds. The molecular formula is C13H22N2S. The molecule has 1 aromatic rings. The summed E-state index contributed by atoms with van der Waals surface area (Å²) in [6.07, 6.45) is 4.13. The molecule has 1 fully saturated rings. The SMILES string of the molecule is CC(NC1C(C)CCCC1C)c1cscn1. The molecule has 0 radical (unpaired) electrons. The summed E-state index contributed by atoms with van der Waals surface area (Å²) < 4.78 is 0. The molecule has 3 atom stereocenters. The summed E-state index contributed by atoms with van der Waals surface area (Å²) in [5.74, 6) is 1.59. The summed E-state index contributed by atoms with van der Waals surface area (Å²) in [5, 5.41) is 5.91. The molecule has 1 aliphatic rings. The lowest BCUT2D eigenvalue weighted by atomic mass is 9.78. The number of hydrogen-bond donors (Lipinski definition) is 1. The Hall–Kier alpha value is -0.410. The van der Waals surface area contributed by atoms with Crippen molar-refractivity contribution >= 4 is 11.3 Å². The summed E-state index contributed by atoms with van der Waals surface area (Å²) in [7, 11) is 0. The smallest absolute Gasteiger partial charge is 0.0795 e. The highest BCUT2D eigenvalue weighted by molar-refractivity contribution is 7.07. The Bertz CT molecular complexity index is 300. The Balaban J connectivity index is 1.97. The second kappa shape index (κ2) is 5.28. The average molecular weight is 238 g/mol. The summed E-state index contributed by atoms with van der Waals surface area (Å²) in [4.78, 5) is 4.39. The number of thiazole rings is 1. The second-order valence-electron chi connectivity index (χ2n) is 5.21. The van der Waals surface area contributed by atoms with Gasteiger partial charge < -0.3 is 5.32 Å². The zero-order chi connectivity index (χ0) is 11.5. The lowest BCUT2D eigenvalue weighted by Crippen LogP contribution is -2.43. The van der Waals surface area contributed by atoms with Gasteiger partial charge in [-0.15, -0.1) is 11.3 Å². The average Bonchev–Trinajstić information content (AvgIpc) is 2.76. The lowest BCUT2D eigenvalue weighted by Gasteiger charge is -2.37. The first-order valence-electron chi connectivity index (χ1n) is 6.32. The van der Waals surface area contributed by atoms with Crippen molar-refractivity contribution in [2.45, 2.75) is 52.1 Å². The van der Waals surface area contributed by atoms with Crippen LogP contribution in [0.4, 0.5) is 0 Å². The highest BCUT2D eigenvalue weighted by atomic mass is 32.1. The van der Waals surface area contributed by atoms with Gasteiger partial charge in [-0.2, -0.15) is 0 Å². The highest BCUT2D eigenvalue weighted by Gasteiger charge is 2.28. The molecular weight excluding hydrogens is 216 g/mol. The van der Waals surface area contributed by atoms with Crippen molar-refractivity contribution in [1.29, 1.82) is 0 Å². The maximum absolute atomic E-state index is 4.39. The topological polar surface area (TPSA) is 24.9 Å². The van der Waals surface area contributed by atoms with E-state index in [1.807, 2.05) is 5.51 Å². The molecule has 3 heteroatoms. The lowest BCUT2D eigenvalue weighted by molar-refractivity contribution is 0.195. The predicted molar refractivity (Wildman–Crippen MR) is 69.6 cm³/mol. The number of rotatable bonds is 3. The minimum Gasteiger partial charge on any atom is -0.305 e. The first-order valence-corrected chi connectivity index (χ1v) is 7.27. The second-order valence-corrected chi connectivity index (χ2v) is 5.93. The van der Waals surface area contributed by atoms with Crippen molar-refractivity contribution in [3.05, 3.63) is 16.6 Å². The van der Waals surface area contributed by atoms with E-state index in [-0.39, 0.29) is 0 Å². The van der Waals surface area contributed by atoms with Gasteiger partial charge in [0.25, 0.3) is 0 Å². The molecule has 0 spiro atoms. The van der Waals surface area contributed by atoms with E-state index in [1.165, 1.54) is 25.0 Å². The van der Waals surface area contributed by atoms with Crippen LogP contribution in [0.1, 0.15) is 51.8 Å². The summed E-state index contributed by atoms with van der Waals surface area (Å²) >= 11 is 1.68. The normalized spacial score (nSPS) is 32.6. The molecule has 0 aromatic carbocycles. The van der Waals surface area contributed by atoms with Crippen molar-refractivity contribution in [3.8, 4) is 0 Å². The van der Waals surface area contributed by atoms with Crippen LogP contribution in [0, 0.1) is 11.8 Å². The van der Waals surface area contributed by atoms with Crippen LogP contribution in [0.5, 0.6) is 0 Å². The van der Waals surface area contributed by atoms with Gasteiger partial charge in [-0.3, -0.25) is 0 Å². The standard InChI is InChI=1S/C13H22N2S/c1-9-5-4-6-10(2)13(9)15-11(3)12-7-16-8-14-12/h7-11,13,15H,4-6H2,1-3H3. The first-order chi connectivity index (χ1) is 7.68. The molecule has 16 heavy (non-hydrogen) atoms. The maximum Gasteiger partial charge on any atom is 0.0795 e. The monoisotopic (exact) mass is 238 g/mol. The summed E-state index contributed by atoms with van der Waals surface area (Å²) in [6.45, 7) is 6.98. The van der Waals surface area contributed by atoms with Crippen molar-refractivity contribution < 1.29 is 0 Å². The maximum atomic E-state index is 4.39.